The van der Waals surface area contributed by atoms with Crippen LogP contribution >= 0.6 is 0 Å². The minimum atomic E-state index is 0.200. The maximum absolute atomic E-state index is 6.09. The van der Waals surface area contributed by atoms with E-state index in [1.807, 2.05) is 49.4 Å². The van der Waals surface area contributed by atoms with Gasteiger partial charge in [0, 0.05) is 17.7 Å². The highest BCUT2D eigenvalue weighted by atomic mass is 16.7. The van der Waals surface area contributed by atoms with Crippen LogP contribution in [-0.2, 0) is 0 Å². The third-order valence-corrected chi connectivity index (χ3v) is 4.60. The Morgan fingerprint density at radius 2 is 1.39 bits per heavy atom. The summed E-state index contributed by atoms with van der Waals surface area (Å²) in [6.45, 7) is 2.28. The van der Waals surface area contributed by atoms with Crippen LogP contribution in [0.3, 0.4) is 0 Å². The van der Waals surface area contributed by atoms with Crippen molar-refractivity contribution in [2.45, 2.75) is 6.92 Å². The molecule has 0 saturated carbocycles. The Labute approximate surface area is 179 Å². The summed E-state index contributed by atoms with van der Waals surface area (Å²) in [5.41, 5.74) is 1.45. The van der Waals surface area contributed by atoms with Gasteiger partial charge in [-0.15, -0.1) is 0 Å². The van der Waals surface area contributed by atoms with E-state index in [1.165, 1.54) is 0 Å². The van der Waals surface area contributed by atoms with Crippen molar-refractivity contribution < 1.29 is 28.4 Å². The molecule has 0 unspecified atom stereocenters. The van der Waals surface area contributed by atoms with E-state index in [0.29, 0.717) is 46.0 Å². The highest BCUT2D eigenvalue weighted by Crippen LogP contribution is 2.36. The third kappa shape index (κ3) is 4.25. The zero-order valence-electron chi connectivity index (χ0n) is 16.7. The molecule has 31 heavy (non-hydrogen) atoms. The van der Waals surface area contributed by atoms with Crippen LogP contribution in [0.4, 0.5) is 5.69 Å². The lowest BCUT2D eigenvalue weighted by Crippen LogP contribution is -2.11. The fourth-order valence-electron chi connectivity index (χ4n) is 3.02. The van der Waals surface area contributed by atoms with Crippen molar-refractivity contribution in [3.05, 3.63) is 78.6 Å². The molecule has 7 nitrogen and oxygen atoms in total. The lowest BCUT2D eigenvalue weighted by molar-refractivity contribution is 0.173. The van der Waals surface area contributed by atoms with Crippen LogP contribution in [0.2, 0.25) is 0 Å². The maximum Gasteiger partial charge on any atom is 0.231 e. The van der Waals surface area contributed by atoms with Gasteiger partial charge in [-0.1, -0.05) is 18.2 Å². The van der Waals surface area contributed by atoms with Crippen molar-refractivity contribution in [2.75, 3.05) is 13.6 Å². The molecule has 0 N–H and O–H groups in total. The first-order valence-corrected chi connectivity index (χ1v) is 9.69. The highest BCUT2D eigenvalue weighted by Gasteiger charge is 2.16. The van der Waals surface area contributed by atoms with Crippen molar-refractivity contribution in [1.82, 2.24) is 0 Å². The SMILES string of the molecule is C/C(=C\Oc1ccc2c(c1)OCO2)C(=Nc1ccccc1)Oc1ccc2c(c1)OCO2. The van der Waals surface area contributed by atoms with Gasteiger partial charge in [-0.2, -0.15) is 0 Å². The Morgan fingerprint density at radius 3 is 2.10 bits per heavy atom. The average molecular weight is 417 g/mol. The first kappa shape index (κ1) is 18.9. The molecular weight excluding hydrogens is 398 g/mol. The predicted octanol–water partition coefficient (Wildman–Crippen LogP) is 5.24. The lowest BCUT2D eigenvalue weighted by atomic mass is 10.2. The second-order valence-electron chi connectivity index (χ2n) is 6.80. The van der Waals surface area contributed by atoms with E-state index in [9.17, 15) is 0 Å². The molecule has 0 bridgehead atoms. The number of fused-ring (bicyclic) bond motifs is 2. The molecule has 0 amide bonds. The fourth-order valence-corrected chi connectivity index (χ4v) is 3.02. The molecular formula is C24H19NO6. The average Bonchev–Trinajstić information content (AvgIpc) is 3.46. The second-order valence-corrected chi connectivity index (χ2v) is 6.80. The summed E-state index contributed by atoms with van der Waals surface area (Å²) in [6, 6.07) is 20.3. The zero-order valence-corrected chi connectivity index (χ0v) is 16.7. The van der Waals surface area contributed by atoms with Crippen molar-refractivity contribution in [3.63, 3.8) is 0 Å². The van der Waals surface area contributed by atoms with Crippen molar-refractivity contribution >= 4 is 11.6 Å². The quantitative estimate of drug-likeness (QED) is 0.321. The normalized spacial score (nSPS) is 14.5. The van der Waals surface area contributed by atoms with Gasteiger partial charge in [0.05, 0.1) is 11.9 Å². The summed E-state index contributed by atoms with van der Waals surface area (Å²) in [5, 5.41) is 0. The molecule has 0 atom stereocenters. The van der Waals surface area contributed by atoms with Crippen LogP contribution < -0.4 is 28.4 Å². The van der Waals surface area contributed by atoms with Gasteiger partial charge in [-0.05, 0) is 43.3 Å². The number of nitrogens with zero attached hydrogens (tertiary/aromatic N) is 1. The highest BCUT2D eigenvalue weighted by molar-refractivity contribution is 5.96. The number of hydrogen-bond donors (Lipinski definition) is 0. The fraction of sp³-hybridized carbons (Fsp3) is 0.125. The van der Waals surface area contributed by atoms with Gasteiger partial charge in [0.25, 0.3) is 0 Å². The summed E-state index contributed by atoms with van der Waals surface area (Å²) in [7, 11) is 0. The number of ether oxygens (including phenoxy) is 6. The summed E-state index contributed by atoms with van der Waals surface area (Å²) in [5.74, 6) is 4.26. The van der Waals surface area contributed by atoms with Gasteiger partial charge in [-0.25, -0.2) is 4.99 Å². The standard InChI is InChI=1S/C24H19NO6/c1-16(13-26-18-7-9-20-22(11-18)29-14-27-20)24(25-17-5-3-2-4-6-17)31-19-8-10-21-23(12-19)30-15-28-21/h2-13H,14-15H2,1H3/b16-13+,25-24?. The molecule has 0 aromatic heterocycles. The molecule has 2 aliphatic heterocycles. The van der Waals surface area contributed by atoms with Crippen LogP contribution in [-0.4, -0.2) is 19.5 Å². The van der Waals surface area contributed by atoms with E-state index in [-0.39, 0.29) is 13.6 Å². The number of aliphatic imine (C=N–C) groups is 1. The van der Waals surface area contributed by atoms with Crippen LogP contribution in [0, 0.1) is 0 Å². The molecule has 3 aromatic carbocycles. The lowest BCUT2D eigenvalue weighted by Gasteiger charge is -2.11. The van der Waals surface area contributed by atoms with E-state index >= 15 is 0 Å². The van der Waals surface area contributed by atoms with E-state index in [4.69, 9.17) is 28.4 Å². The summed E-state index contributed by atoms with van der Waals surface area (Å²) >= 11 is 0. The molecule has 0 saturated heterocycles. The maximum atomic E-state index is 6.09. The van der Waals surface area contributed by atoms with Crippen LogP contribution in [0.5, 0.6) is 34.5 Å². The largest absolute Gasteiger partial charge is 0.464 e. The minimum Gasteiger partial charge on any atom is -0.464 e. The molecule has 2 heterocycles. The third-order valence-electron chi connectivity index (χ3n) is 4.60. The number of para-hydroxylation sites is 1. The van der Waals surface area contributed by atoms with Gasteiger partial charge in [0.1, 0.15) is 11.5 Å². The first-order chi connectivity index (χ1) is 15.2. The van der Waals surface area contributed by atoms with Crippen LogP contribution in [0.15, 0.2) is 83.6 Å². The molecule has 2 aliphatic rings. The molecule has 7 heteroatoms. The van der Waals surface area contributed by atoms with Crippen molar-refractivity contribution in [2.24, 2.45) is 4.99 Å². The Morgan fingerprint density at radius 1 is 0.774 bits per heavy atom. The monoisotopic (exact) mass is 417 g/mol. The number of rotatable bonds is 5. The van der Waals surface area contributed by atoms with E-state index in [1.54, 1.807) is 30.5 Å². The van der Waals surface area contributed by atoms with Gasteiger partial charge in [0.2, 0.25) is 19.5 Å². The zero-order chi connectivity index (χ0) is 21.0. The number of benzene rings is 3. The van der Waals surface area contributed by atoms with Gasteiger partial charge < -0.3 is 28.4 Å². The molecule has 156 valence electrons. The van der Waals surface area contributed by atoms with Crippen LogP contribution in [0.25, 0.3) is 0 Å². The van der Waals surface area contributed by atoms with Gasteiger partial charge in [0.15, 0.2) is 23.0 Å². The smallest absolute Gasteiger partial charge is 0.231 e. The first-order valence-electron chi connectivity index (χ1n) is 9.69. The van der Waals surface area contributed by atoms with Crippen molar-refractivity contribution in [1.29, 1.82) is 0 Å². The number of hydrogen-bond acceptors (Lipinski definition) is 7. The van der Waals surface area contributed by atoms with Crippen molar-refractivity contribution in [3.8, 4) is 34.5 Å². The van der Waals surface area contributed by atoms with E-state index in [0.717, 1.165) is 5.69 Å². The van der Waals surface area contributed by atoms with Crippen LogP contribution in [0.1, 0.15) is 6.92 Å². The second kappa shape index (κ2) is 8.31. The summed E-state index contributed by atoms with van der Waals surface area (Å²) in [6.07, 6.45) is 1.59. The van der Waals surface area contributed by atoms with Gasteiger partial charge in [-0.3, -0.25) is 0 Å². The molecule has 5 rings (SSSR count). The topological polar surface area (TPSA) is 67.7 Å². The van der Waals surface area contributed by atoms with E-state index < -0.39 is 0 Å². The molecule has 0 spiro atoms. The Kier molecular flexibility index (Phi) is 5.06. The minimum absolute atomic E-state index is 0.200. The summed E-state index contributed by atoms with van der Waals surface area (Å²) in [4.78, 5) is 4.65. The van der Waals surface area contributed by atoms with Gasteiger partial charge >= 0.3 is 0 Å². The molecule has 3 aromatic rings. The Bertz CT molecular complexity index is 1160. The predicted molar refractivity (Wildman–Crippen MR) is 114 cm³/mol. The molecule has 0 aliphatic carbocycles. The summed E-state index contributed by atoms with van der Waals surface area (Å²) < 4.78 is 33.4. The Balaban J connectivity index is 1.40. The molecule has 0 fully saturated rings. The molecule has 0 radical (unpaired) electrons. The Hall–Kier alpha value is -4.13. The van der Waals surface area contributed by atoms with E-state index in [2.05, 4.69) is 4.99 Å².